The van der Waals surface area contributed by atoms with Gasteiger partial charge in [0.25, 0.3) is 0 Å². The molecule has 0 aliphatic carbocycles. The number of hydrogen-bond acceptors (Lipinski definition) is 18. The van der Waals surface area contributed by atoms with Gasteiger partial charge >= 0.3 is 5.97 Å². The van der Waals surface area contributed by atoms with Gasteiger partial charge in [0.15, 0.2) is 58.6 Å². The molecule has 2 aliphatic heterocycles. The molecule has 5 atom stereocenters. The van der Waals surface area contributed by atoms with Crippen LogP contribution < -0.4 is 14.2 Å². The number of carbonyl (C=O) groups is 1. The minimum atomic E-state index is -1.49. The van der Waals surface area contributed by atoms with Crippen molar-refractivity contribution in [3.8, 4) is 92.0 Å². The van der Waals surface area contributed by atoms with Crippen molar-refractivity contribution < 1.29 is 90.1 Å². The fourth-order valence-corrected chi connectivity index (χ4v) is 7.58. The van der Waals surface area contributed by atoms with Gasteiger partial charge in [0, 0.05) is 59.0 Å². The summed E-state index contributed by atoms with van der Waals surface area (Å²) in [6, 6.07) is 15.8. The monoisotopic (exact) mass is 838 g/mol. The van der Waals surface area contributed by atoms with E-state index in [1.807, 2.05) is 0 Å². The van der Waals surface area contributed by atoms with Crippen LogP contribution in [0.25, 0.3) is 0 Å². The molecule has 2 heterocycles. The summed E-state index contributed by atoms with van der Waals surface area (Å²) in [5, 5.41) is 137. The first kappa shape index (κ1) is 39.4. The highest BCUT2D eigenvalue weighted by molar-refractivity contribution is 5.91. The molecule has 61 heavy (non-hydrogen) atoms. The van der Waals surface area contributed by atoms with E-state index in [9.17, 15) is 71.2 Å². The standard InChI is InChI=1S/C43H34O18/c44-19-4-1-16(2-5-19)40-42(58-21-12-30(53)38(56)31(54)13-21)36(34-26(49)10-20(45)11-32(34)59-40)35-27(50)15-24(47)22-14-33(60-43(57)18-8-28(51)37(55)29(52)9-18)39(61-41(22)35)17-3-6-23(46)25(48)7-17/h1-13,15,33,36,39-40,42,44-56H,14H2/t33-,36?,39-,40-,42-/m1/s1. The van der Waals surface area contributed by atoms with Gasteiger partial charge in [-0.05, 0) is 42.0 Å². The lowest BCUT2D eigenvalue weighted by Gasteiger charge is -2.42. The van der Waals surface area contributed by atoms with Crippen molar-refractivity contribution in [3.05, 3.63) is 118 Å². The highest BCUT2D eigenvalue weighted by Crippen LogP contribution is 2.58. The third kappa shape index (κ3) is 7.00. The van der Waals surface area contributed by atoms with Crippen LogP contribution in [-0.2, 0) is 11.2 Å². The summed E-state index contributed by atoms with van der Waals surface area (Å²) in [6.45, 7) is 0. The number of rotatable bonds is 7. The highest BCUT2D eigenvalue weighted by Gasteiger charge is 2.49. The maximum Gasteiger partial charge on any atom is 0.338 e. The van der Waals surface area contributed by atoms with Crippen LogP contribution in [0.4, 0.5) is 0 Å². The Morgan fingerprint density at radius 1 is 0.525 bits per heavy atom. The van der Waals surface area contributed by atoms with Crippen LogP contribution >= 0.6 is 0 Å². The minimum absolute atomic E-state index is 0.0777. The van der Waals surface area contributed by atoms with Gasteiger partial charge < -0.3 is 85.3 Å². The van der Waals surface area contributed by atoms with Crippen molar-refractivity contribution >= 4 is 5.97 Å². The molecule has 0 saturated heterocycles. The second-order valence-corrected chi connectivity index (χ2v) is 14.3. The van der Waals surface area contributed by atoms with Gasteiger partial charge in [0.05, 0.1) is 11.5 Å². The Labute approximate surface area is 342 Å². The quantitative estimate of drug-likeness (QED) is 0.0699. The zero-order valence-corrected chi connectivity index (χ0v) is 31.0. The second-order valence-electron chi connectivity index (χ2n) is 14.3. The lowest BCUT2D eigenvalue weighted by Crippen LogP contribution is -2.40. The van der Waals surface area contributed by atoms with Crippen molar-refractivity contribution in [1.82, 2.24) is 0 Å². The van der Waals surface area contributed by atoms with Crippen LogP contribution in [0.1, 0.15) is 56.3 Å². The zero-order chi connectivity index (χ0) is 43.6. The Morgan fingerprint density at radius 3 is 1.77 bits per heavy atom. The Kier molecular flexibility index (Phi) is 9.54. The first-order valence-electron chi connectivity index (χ1n) is 18.1. The third-order valence-electron chi connectivity index (χ3n) is 10.4. The average Bonchev–Trinajstić information content (AvgIpc) is 3.20. The van der Waals surface area contributed by atoms with Gasteiger partial charge in [-0.1, -0.05) is 18.2 Å². The molecule has 0 saturated carbocycles. The van der Waals surface area contributed by atoms with E-state index in [4.69, 9.17) is 18.9 Å². The van der Waals surface area contributed by atoms with E-state index in [1.54, 1.807) is 0 Å². The molecule has 13 N–H and O–H groups in total. The molecule has 0 spiro atoms. The number of benzene rings is 6. The second kappa shape index (κ2) is 14.8. The van der Waals surface area contributed by atoms with Crippen LogP contribution in [-0.4, -0.2) is 84.6 Å². The Balaban J connectivity index is 1.34. The normalized spacial score (nSPS) is 19.1. The van der Waals surface area contributed by atoms with Crippen molar-refractivity contribution in [2.24, 2.45) is 0 Å². The molecule has 2 aliphatic rings. The molecule has 0 bridgehead atoms. The van der Waals surface area contributed by atoms with Crippen LogP contribution in [0.15, 0.2) is 84.9 Å². The SMILES string of the molecule is O=C(O[C@@H]1Cc2c(O)cc(O)c(C3c4c(O)cc(O)cc4O[C@H](c4ccc(O)cc4)[C@@H]3Oc3cc(O)c(O)c(O)c3)c2O[C@@H]1c1ccc(O)c(O)c1)c1cc(O)c(O)c(O)c1. The molecule has 314 valence electrons. The van der Waals surface area contributed by atoms with Gasteiger partial charge in [-0.3, -0.25) is 0 Å². The molecular formula is C43H34O18. The van der Waals surface area contributed by atoms with Crippen LogP contribution in [0.5, 0.6) is 92.0 Å². The average molecular weight is 839 g/mol. The number of phenolic OH excluding ortho intramolecular Hbond substituents is 13. The number of aromatic hydroxyl groups is 13. The van der Waals surface area contributed by atoms with Gasteiger partial charge in [0.2, 0.25) is 5.75 Å². The van der Waals surface area contributed by atoms with E-state index in [-0.39, 0.29) is 45.3 Å². The molecule has 0 radical (unpaired) electrons. The molecule has 6 aromatic rings. The van der Waals surface area contributed by atoms with E-state index >= 15 is 0 Å². The van der Waals surface area contributed by atoms with E-state index in [0.717, 1.165) is 48.5 Å². The van der Waals surface area contributed by atoms with E-state index < -0.39 is 117 Å². The number of esters is 1. The van der Waals surface area contributed by atoms with Crippen LogP contribution in [0, 0.1) is 0 Å². The lowest BCUT2D eigenvalue weighted by atomic mass is 9.77. The van der Waals surface area contributed by atoms with E-state index in [2.05, 4.69) is 0 Å². The summed E-state index contributed by atoms with van der Waals surface area (Å²) in [4.78, 5) is 13.6. The third-order valence-corrected chi connectivity index (χ3v) is 10.4. The molecule has 18 heteroatoms. The Morgan fingerprint density at radius 2 is 1.13 bits per heavy atom. The molecule has 0 aromatic heterocycles. The molecule has 6 aromatic carbocycles. The van der Waals surface area contributed by atoms with E-state index in [1.165, 1.54) is 36.4 Å². The molecule has 1 unspecified atom stereocenters. The molecule has 8 rings (SSSR count). The van der Waals surface area contributed by atoms with Gasteiger partial charge in [-0.2, -0.15) is 0 Å². The predicted octanol–water partition coefficient (Wildman–Crippen LogP) is 5.47. The van der Waals surface area contributed by atoms with Gasteiger partial charge in [0.1, 0.15) is 52.1 Å². The smallest absolute Gasteiger partial charge is 0.338 e. The number of ether oxygens (including phenoxy) is 4. The summed E-state index contributed by atoms with van der Waals surface area (Å²) in [5.41, 5.74) is -0.425. The van der Waals surface area contributed by atoms with Crippen molar-refractivity contribution in [3.63, 3.8) is 0 Å². The fraction of sp³-hybridized carbons (Fsp3) is 0.140. The molecule has 0 amide bonds. The van der Waals surface area contributed by atoms with Crippen molar-refractivity contribution in [2.45, 2.75) is 36.8 Å². The summed E-state index contributed by atoms with van der Waals surface area (Å²) in [5.74, 6) is -11.8. The van der Waals surface area contributed by atoms with Gasteiger partial charge in [-0.25, -0.2) is 4.79 Å². The summed E-state index contributed by atoms with van der Waals surface area (Å²) < 4.78 is 25.2. The lowest BCUT2D eigenvalue weighted by molar-refractivity contribution is -0.0203. The van der Waals surface area contributed by atoms with Crippen molar-refractivity contribution in [2.75, 3.05) is 0 Å². The number of hydrogen-bond donors (Lipinski definition) is 13. The number of carbonyl (C=O) groups excluding carboxylic acids is 1. The van der Waals surface area contributed by atoms with Crippen LogP contribution in [0.2, 0.25) is 0 Å². The Bertz CT molecular complexity index is 2680. The minimum Gasteiger partial charge on any atom is -0.508 e. The highest BCUT2D eigenvalue weighted by atomic mass is 16.6. The van der Waals surface area contributed by atoms with Crippen molar-refractivity contribution in [1.29, 1.82) is 0 Å². The van der Waals surface area contributed by atoms with Gasteiger partial charge in [-0.15, -0.1) is 0 Å². The predicted molar refractivity (Wildman–Crippen MR) is 206 cm³/mol. The van der Waals surface area contributed by atoms with E-state index in [0.29, 0.717) is 5.56 Å². The fourth-order valence-electron chi connectivity index (χ4n) is 7.58. The maximum absolute atomic E-state index is 13.6. The number of fused-ring (bicyclic) bond motifs is 2. The molecular weight excluding hydrogens is 804 g/mol. The first-order valence-corrected chi connectivity index (χ1v) is 18.1. The summed E-state index contributed by atoms with van der Waals surface area (Å²) in [7, 11) is 0. The largest absolute Gasteiger partial charge is 0.508 e. The number of phenols is 13. The maximum atomic E-state index is 13.6. The molecule has 0 fully saturated rings. The molecule has 18 nitrogen and oxygen atoms in total. The van der Waals surface area contributed by atoms with Crippen LogP contribution in [0.3, 0.4) is 0 Å². The topological polar surface area (TPSA) is 317 Å². The summed E-state index contributed by atoms with van der Waals surface area (Å²) >= 11 is 0. The zero-order valence-electron chi connectivity index (χ0n) is 31.0. The first-order chi connectivity index (χ1) is 29.0. The summed E-state index contributed by atoms with van der Waals surface area (Å²) in [6.07, 6.45) is -6.06. The Hall–Kier alpha value is -8.41.